The van der Waals surface area contributed by atoms with E-state index >= 15 is 0 Å². The topological polar surface area (TPSA) is 91.1 Å². The van der Waals surface area contributed by atoms with E-state index in [0.717, 1.165) is 15.3 Å². The van der Waals surface area contributed by atoms with Crippen LogP contribution in [0.2, 0.25) is 0 Å². The first-order chi connectivity index (χ1) is 13.9. The first-order valence-electron chi connectivity index (χ1n) is 8.52. The zero-order valence-electron chi connectivity index (χ0n) is 15.1. The molecule has 0 bridgehead atoms. The molecule has 0 saturated carbocycles. The van der Waals surface area contributed by atoms with Crippen LogP contribution in [0.15, 0.2) is 64.4 Å². The van der Waals surface area contributed by atoms with Gasteiger partial charge < -0.3 is 4.74 Å². The van der Waals surface area contributed by atoms with Gasteiger partial charge >= 0.3 is 5.97 Å². The molecule has 0 amide bonds. The number of ether oxygens (including phenoxy) is 1. The Bertz CT molecular complexity index is 1310. The highest BCUT2D eigenvalue weighted by Crippen LogP contribution is 2.36. The van der Waals surface area contributed by atoms with Crippen molar-refractivity contribution in [2.24, 2.45) is 0 Å². The third-order valence-electron chi connectivity index (χ3n) is 4.10. The zero-order valence-corrected chi connectivity index (χ0v) is 18.3. The lowest BCUT2D eigenvalue weighted by molar-refractivity contribution is 0.0526. The Labute approximate surface area is 179 Å². The molecule has 0 aliphatic rings. The second-order valence-electron chi connectivity index (χ2n) is 5.93. The molecular weight excluding hydrogens is 478 g/mol. The molecule has 7 nitrogen and oxygen atoms in total. The molecule has 0 N–H and O–H groups in total. The first kappa shape index (κ1) is 19.7. The molecule has 148 valence electrons. The van der Waals surface area contributed by atoms with Gasteiger partial charge in [-0.15, -0.1) is 11.3 Å². The minimum atomic E-state index is -3.85. The Kier molecular flexibility index (Phi) is 5.24. The molecule has 0 saturated heterocycles. The molecular formula is C19H14BrN3O4S2. The lowest BCUT2D eigenvalue weighted by Gasteiger charge is -2.06. The zero-order chi connectivity index (χ0) is 20.6. The molecule has 0 spiro atoms. The number of carbonyl (C=O) groups excluding carboxylic acids is 1. The van der Waals surface area contributed by atoms with E-state index in [0.29, 0.717) is 20.3 Å². The number of aromatic nitrogens is 3. The summed E-state index contributed by atoms with van der Waals surface area (Å²) in [7, 11) is -3.85. The fraction of sp³-hybridized carbons (Fsp3) is 0.105. The second kappa shape index (κ2) is 7.69. The van der Waals surface area contributed by atoms with Gasteiger partial charge in [-0.05, 0) is 41.1 Å². The van der Waals surface area contributed by atoms with Gasteiger partial charge in [-0.25, -0.2) is 27.2 Å². The van der Waals surface area contributed by atoms with Crippen LogP contribution >= 0.6 is 27.3 Å². The standard InChI is InChI=1S/C19H14BrN3O4S2/c1-2-27-19(24)18-22-10-16(28-18)15-11-23(17-14(15)8-12(20)9-21-17)29(25,26)13-6-4-3-5-7-13/h3-11H,2H2,1H3. The molecule has 4 rings (SSSR count). The van der Waals surface area contributed by atoms with Crippen LogP contribution in [0.3, 0.4) is 0 Å². The monoisotopic (exact) mass is 491 g/mol. The van der Waals surface area contributed by atoms with Crippen molar-refractivity contribution in [2.45, 2.75) is 11.8 Å². The third kappa shape index (κ3) is 3.59. The quantitative estimate of drug-likeness (QED) is 0.385. The molecule has 3 heterocycles. The summed E-state index contributed by atoms with van der Waals surface area (Å²) in [4.78, 5) is 21.2. The summed E-state index contributed by atoms with van der Waals surface area (Å²) in [6.45, 7) is 1.97. The number of pyridine rings is 1. The van der Waals surface area contributed by atoms with Gasteiger partial charge in [0, 0.05) is 34.0 Å². The van der Waals surface area contributed by atoms with Crippen LogP contribution in [0.4, 0.5) is 0 Å². The fourth-order valence-corrected chi connectivity index (χ4v) is 5.34. The van der Waals surface area contributed by atoms with E-state index < -0.39 is 16.0 Å². The second-order valence-corrected chi connectivity index (χ2v) is 9.69. The molecule has 3 aromatic heterocycles. The highest BCUT2D eigenvalue weighted by molar-refractivity contribution is 9.10. The van der Waals surface area contributed by atoms with Crippen molar-refractivity contribution in [2.75, 3.05) is 6.61 Å². The summed E-state index contributed by atoms with van der Waals surface area (Å²) in [5.41, 5.74) is 0.902. The lowest BCUT2D eigenvalue weighted by Crippen LogP contribution is -2.12. The van der Waals surface area contributed by atoms with Gasteiger partial charge in [-0.3, -0.25) is 0 Å². The summed E-state index contributed by atoms with van der Waals surface area (Å²) in [5, 5.41) is 0.828. The number of rotatable bonds is 5. The van der Waals surface area contributed by atoms with E-state index in [1.807, 2.05) is 0 Å². The molecule has 0 atom stereocenters. The number of halogens is 1. The summed E-state index contributed by atoms with van der Waals surface area (Å²) < 4.78 is 33.3. The van der Waals surface area contributed by atoms with E-state index in [-0.39, 0.29) is 22.2 Å². The Hall–Kier alpha value is -2.56. The third-order valence-corrected chi connectivity index (χ3v) is 7.21. The van der Waals surface area contributed by atoms with Gasteiger partial charge in [0.1, 0.15) is 0 Å². The number of nitrogens with zero attached hydrogens (tertiary/aromatic N) is 3. The van der Waals surface area contributed by atoms with Crippen LogP contribution < -0.4 is 0 Å². The fourth-order valence-electron chi connectivity index (χ4n) is 2.83. The number of esters is 1. The molecule has 0 unspecified atom stereocenters. The molecule has 4 aromatic rings. The van der Waals surface area contributed by atoms with Crippen LogP contribution in [0.25, 0.3) is 21.5 Å². The number of benzene rings is 1. The van der Waals surface area contributed by atoms with Crippen molar-refractivity contribution in [3.63, 3.8) is 0 Å². The maximum absolute atomic E-state index is 13.2. The van der Waals surface area contributed by atoms with Crippen LogP contribution in [-0.2, 0) is 14.8 Å². The molecule has 10 heteroatoms. The normalized spacial score (nSPS) is 11.7. The van der Waals surface area contributed by atoms with Gasteiger partial charge in [0.15, 0.2) is 5.65 Å². The number of hydrogen-bond donors (Lipinski definition) is 0. The van der Waals surface area contributed by atoms with Crippen molar-refractivity contribution in [3.05, 3.63) is 64.5 Å². The van der Waals surface area contributed by atoms with Crippen molar-refractivity contribution in [1.29, 1.82) is 0 Å². The SMILES string of the molecule is CCOC(=O)c1ncc(-c2cn(S(=O)(=O)c3ccccc3)c3ncc(Br)cc23)s1. The average Bonchev–Trinajstić information content (AvgIpc) is 3.33. The number of fused-ring (bicyclic) bond motifs is 1. The van der Waals surface area contributed by atoms with Gasteiger partial charge in [-0.2, -0.15) is 0 Å². The maximum atomic E-state index is 13.2. The number of hydrogen-bond acceptors (Lipinski definition) is 7. The highest BCUT2D eigenvalue weighted by Gasteiger charge is 2.24. The van der Waals surface area contributed by atoms with Crippen molar-refractivity contribution in [1.82, 2.24) is 13.9 Å². The van der Waals surface area contributed by atoms with E-state index in [1.54, 1.807) is 37.4 Å². The van der Waals surface area contributed by atoms with Crippen LogP contribution in [0.1, 0.15) is 16.7 Å². The van der Waals surface area contributed by atoms with Crippen molar-refractivity contribution >= 4 is 54.3 Å². The maximum Gasteiger partial charge on any atom is 0.367 e. The Morgan fingerprint density at radius 1 is 1.21 bits per heavy atom. The molecule has 0 radical (unpaired) electrons. The van der Waals surface area contributed by atoms with Crippen LogP contribution in [-0.4, -0.2) is 34.9 Å². The van der Waals surface area contributed by atoms with Gasteiger partial charge in [0.25, 0.3) is 10.0 Å². The van der Waals surface area contributed by atoms with Crippen molar-refractivity contribution < 1.29 is 17.9 Å². The predicted molar refractivity (Wildman–Crippen MR) is 114 cm³/mol. The Balaban J connectivity index is 1.91. The van der Waals surface area contributed by atoms with E-state index in [4.69, 9.17) is 4.74 Å². The van der Waals surface area contributed by atoms with E-state index in [9.17, 15) is 13.2 Å². The van der Waals surface area contributed by atoms with Crippen LogP contribution in [0, 0.1) is 0 Å². The summed E-state index contributed by atoms with van der Waals surface area (Å²) in [6, 6.07) is 9.94. The summed E-state index contributed by atoms with van der Waals surface area (Å²) in [5.74, 6) is -0.510. The lowest BCUT2D eigenvalue weighted by atomic mass is 10.2. The molecule has 0 aliphatic carbocycles. The highest BCUT2D eigenvalue weighted by atomic mass is 79.9. The molecule has 0 fully saturated rings. The van der Waals surface area contributed by atoms with Gasteiger partial charge in [0.05, 0.1) is 16.4 Å². The van der Waals surface area contributed by atoms with Gasteiger partial charge in [-0.1, -0.05) is 18.2 Å². The molecule has 0 aliphatic heterocycles. The Morgan fingerprint density at radius 2 is 1.97 bits per heavy atom. The van der Waals surface area contributed by atoms with E-state index in [1.165, 1.54) is 24.5 Å². The number of carbonyl (C=O) groups is 1. The molecule has 1 aromatic carbocycles. The van der Waals surface area contributed by atoms with Gasteiger partial charge in [0.2, 0.25) is 5.01 Å². The Morgan fingerprint density at radius 3 is 2.69 bits per heavy atom. The largest absolute Gasteiger partial charge is 0.461 e. The summed E-state index contributed by atoms with van der Waals surface area (Å²) in [6.07, 6.45) is 4.58. The predicted octanol–water partition coefficient (Wildman–Crippen LogP) is 4.34. The summed E-state index contributed by atoms with van der Waals surface area (Å²) >= 11 is 4.52. The first-order valence-corrected chi connectivity index (χ1v) is 11.6. The average molecular weight is 492 g/mol. The smallest absolute Gasteiger partial charge is 0.367 e. The van der Waals surface area contributed by atoms with Crippen LogP contribution in [0.5, 0.6) is 0 Å². The molecule has 29 heavy (non-hydrogen) atoms. The van der Waals surface area contributed by atoms with Crippen molar-refractivity contribution in [3.8, 4) is 10.4 Å². The minimum absolute atomic E-state index is 0.157. The van der Waals surface area contributed by atoms with E-state index in [2.05, 4.69) is 25.9 Å². The minimum Gasteiger partial charge on any atom is -0.461 e. The number of thiazole rings is 1.